The minimum Gasteiger partial charge on any atom is -0.478 e. The second-order valence-electron chi connectivity index (χ2n) is 11.2. The molecule has 0 fully saturated rings. The molecule has 0 saturated heterocycles. The van der Waals surface area contributed by atoms with Crippen LogP contribution in [0.5, 0.6) is 0 Å². The van der Waals surface area contributed by atoms with E-state index in [-0.39, 0.29) is 23.3 Å². The van der Waals surface area contributed by atoms with Crippen LogP contribution < -0.4 is 0 Å². The Bertz CT molecular complexity index is 876. The summed E-state index contributed by atoms with van der Waals surface area (Å²) in [5, 5.41) is 20.4. The van der Waals surface area contributed by atoms with E-state index in [1.54, 1.807) is 0 Å². The van der Waals surface area contributed by atoms with E-state index in [0.717, 1.165) is 77.0 Å². The first kappa shape index (κ1) is 35.7. The van der Waals surface area contributed by atoms with E-state index in [9.17, 15) is 24.6 Å². The van der Waals surface area contributed by atoms with Gasteiger partial charge in [-0.3, -0.25) is 0 Å². The van der Waals surface area contributed by atoms with Gasteiger partial charge in [-0.05, 0) is 49.3 Å². The zero-order chi connectivity index (χ0) is 29.6. The fraction of sp³-hybridized carbons (Fsp3) is 0.735. The number of carbonyl (C=O) groups excluding carboxylic acids is 1. The molecule has 0 atom stereocenters. The molecule has 0 spiro atoms. The highest BCUT2D eigenvalue weighted by Gasteiger charge is 2.28. The molecule has 0 aliphatic carbocycles. The number of rotatable bonds is 25. The Labute approximate surface area is 243 Å². The zero-order valence-corrected chi connectivity index (χ0v) is 25.7. The number of hydrogen-bond donors (Lipinski definition) is 2. The zero-order valence-electron chi connectivity index (χ0n) is 25.7. The average molecular weight is 561 g/mol. The monoisotopic (exact) mass is 560 g/mol. The highest BCUT2D eigenvalue weighted by atomic mass is 16.5. The number of carbonyl (C=O) groups is 3. The predicted octanol–water partition coefficient (Wildman–Crippen LogP) is 9.80. The Kier molecular flexibility index (Phi) is 19.9. The summed E-state index contributed by atoms with van der Waals surface area (Å²) in [6.07, 6.45) is 21.1. The third-order valence-electron chi connectivity index (χ3n) is 7.76. The third kappa shape index (κ3) is 13.8. The van der Waals surface area contributed by atoms with E-state index in [0.29, 0.717) is 30.4 Å². The normalized spacial score (nSPS) is 11.1. The van der Waals surface area contributed by atoms with Gasteiger partial charge in [-0.15, -0.1) is 0 Å². The first-order valence-corrected chi connectivity index (χ1v) is 16.2. The van der Waals surface area contributed by atoms with Crippen LogP contribution >= 0.6 is 0 Å². The molecular weight excluding hydrogens is 504 g/mol. The molecule has 1 rings (SSSR count). The number of carboxylic acid groups (broad SMARTS) is 2. The van der Waals surface area contributed by atoms with Crippen LogP contribution in [0.1, 0.15) is 185 Å². The van der Waals surface area contributed by atoms with Crippen molar-refractivity contribution < 1.29 is 29.3 Å². The van der Waals surface area contributed by atoms with E-state index in [2.05, 4.69) is 20.8 Å². The Hall–Kier alpha value is -2.37. The van der Waals surface area contributed by atoms with Crippen molar-refractivity contribution in [3.8, 4) is 0 Å². The van der Waals surface area contributed by atoms with Crippen LogP contribution in [0.4, 0.5) is 0 Å². The standard InChI is InChI=1S/C34H56O6/c1-4-7-10-13-15-17-20-23-27-28(24-21-18-16-14-11-8-5-2)31(33(37)38)30(26-29(27)32(35)36)34(39)40-25-22-19-12-9-6-3/h26H,4-25H2,1-3H3,(H,35,36)(H,37,38). The molecule has 2 N–H and O–H groups in total. The van der Waals surface area contributed by atoms with Crippen molar-refractivity contribution >= 4 is 17.9 Å². The molecule has 0 aromatic heterocycles. The predicted molar refractivity (Wildman–Crippen MR) is 163 cm³/mol. The van der Waals surface area contributed by atoms with Gasteiger partial charge < -0.3 is 14.9 Å². The van der Waals surface area contributed by atoms with Crippen LogP contribution in [0.25, 0.3) is 0 Å². The lowest BCUT2D eigenvalue weighted by Gasteiger charge is -2.19. The summed E-state index contributed by atoms with van der Waals surface area (Å²) < 4.78 is 5.46. The first-order valence-electron chi connectivity index (χ1n) is 16.2. The second-order valence-corrected chi connectivity index (χ2v) is 11.2. The molecule has 0 aliphatic heterocycles. The highest BCUT2D eigenvalue weighted by Crippen LogP contribution is 2.29. The van der Waals surface area contributed by atoms with Crippen LogP contribution in [0.15, 0.2) is 6.07 Å². The number of ether oxygens (including phenoxy) is 1. The Morgan fingerprint density at radius 3 is 1.43 bits per heavy atom. The van der Waals surface area contributed by atoms with Gasteiger partial charge in [0, 0.05) is 0 Å². The molecule has 0 radical (unpaired) electrons. The number of benzene rings is 1. The average Bonchev–Trinajstić information content (AvgIpc) is 2.93. The van der Waals surface area contributed by atoms with Gasteiger partial charge in [-0.25, -0.2) is 14.4 Å². The van der Waals surface area contributed by atoms with Gasteiger partial charge in [0.15, 0.2) is 0 Å². The van der Waals surface area contributed by atoms with Crippen LogP contribution in [-0.4, -0.2) is 34.7 Å². The van der Waals surface area contributed by atoms with Gasteiger partial charge >= 0.3 is 17.9 Å². The molecule has 0 aliphatic rings. The van der Waals surface area contributed by atoms with Crippen molar-refractivity contribution in [3.05, 3.63) is 33.9 Å². The van der Waals surface area contributed by atoms with Gasteiger partial charge in [0.2, 0.25) is 0 Å². The molecule has 0 bridgehead atoms. The lowest BCUT2D eigenvalue weighted by Crippen LogP contribution is -2.20. The molecule has 0 amide bonds. The second kappa shape index (κ2) is 22.3. The first-order chi connectivity index (χ1) is 19.4. The van der Waals surface area contributed by atoms with Crippen molar-refractivity contribution in [1.29, 1.82) is 0 Å². The van der Waals surface area contributed by atoms with Crippen molar-refractivity contribution in [1.82, 2.24) is 0 Å². The van der Waals surface area contributed by atoms with E-state index in [1.165, 1.54) is 44.6 Å². The quantitative estimate of drug-likeness (QED) is 0.0911. The minimum atomic E-state index is -1.19. The smallest absolute Gasteiger partial charge is 0.339 e. The van der Waals surface area contributed by atoms with Crippen LogP contribution in [0.3, 0.4) is 0 Å². The van der Waals surface area contributed by atoms with E-state index in [4.69, 9.17) is 4.74 Å². The number of unbranched alkanes of at least 4 members (excludes halogenated alkanes) is 16. The van der Waals surface area contributed by atoms with Crippen molar-refractivity contribution in [2.24, 2.45) is 0 Å². The van der Waals surface area contributed by atoms with E-state index >= 15 is 0 Å². The SMILES string of the molecule is CCCCCCCCCc1c(C(=O)O)cc(C(=O)OCCCCCCC)c(C(=O)O)c1CCCCCCCCC. The maximum atomic E-state index is 13.1. The van der Waals surface area contributed by atoms with Gasteiger partial charge in [0.05, 0.1) is 23.3 Å². The lowest BCUT2D eigenvalue weighted by atomic mass is 9.85. The van der Waals surface area contributed by atoms with E-state index < -0.39 is 17.9 Å². The topological polar surface area (TPSA) is 101 Å². The van der Waals surface area contributed by atoms with Gasteiger partial charge in [-0.2, -0.15) is 0 Å². The number of aromatic carboxylic acids is 2. The Morgan fingerprint density at radius 2 is 0.975 bits per heavy atom. The largest absolute Gasteiger partial charge is 0.478 e. The van der Waals surface area contributed by atoms with Crippen LogP contribution in [0, 0.1) is 0 Å². The van der Waals surface area contributed by atoms with E-state index in [1.807, 2.05) is 0 Å². The maximum Gasteiger partial charge on any atom is 0.339 e. The number of carboxylic acids is 2. The molecule has 0 saturated carbocycles. The summed E-state index contributed by atoms with van der Waals surface area (Å²) in [6, 6.07) is 1.26. The summed E-state index contributed by atoms with van der Waals surface area (Å²) in [4.78, 5) is 38.0. The molecule has 0 heterocycles. The summed E-state index contributed by atoms with van der Waals surface area (Å²) in [5.74, 6) is -3.05. The van der Waals surface area contributed by atoms with Crippen LogP contribution in [-0.2, 0) is 17.6 Å². The molecule has 1 aromatic rings. The fourth-order valence-corrected chi connectivity index (χ4v) is 5.40. The highest BCUT2D eigenvalue weighted by molar-refractivity contribution is 6.06. The molecule has 0 unspecified atom stereocenters. The molecule has 6 heteroatoms. The van der Waals surface area contributed by atoms with Crippen molar-refractivity contribution in [2.45, 2.75) is 156 Å². The maximum absolute atomic E-state index is 13.1. The number of hydrogen-bond acceptors (Lipinski definition) is 4. The molecule has 228 valence electrons. The molecule has 6 nitrogen and oxygen atoms in total. The van der Waals surface area contributed by atoms with Gasteiger partial charge in [-0.1, -0.05) is 124 Å². The number of esters is 1. The van der Waals surface area contributed by atoms with Crippen molar-refractivity contribution in [3.63, 3.8) is 0 Å². The van der Waals surface area contributed by atoms with Crippen molar-refractivity contribution in [2.75, 3.05) is 6.61 Å². The Morgan fingerprint density at radius 1 is 0.550 bits per heavy atom. The molecular formula is C34H56O6. The van der Waals surface area contributed by atoms with Gasteiger partial charge in [0.25, 0.3) is 0 Å². The fourth-order valence-electron chi connectivity index (χ4n) is 5.40. The lowest BCUT2D eigenvalue weighted by molar-refractivity contribution is 0.0487. The van der Waals surface area contributed by atoms with Crippen LogP contribution in [0.2, 0.25) is 0 Å². The summed E-state index contributed by atoms with van der Waals surface area (Å²) in [5.41, 5.74) is 0.954. The molecule has 40 heavy (non-hydrogen) atoms. The van der Waals surface area contributed by atoms with Gasteiger partial charge in [0.1, 0.15) is 0 Å². The Balaban J connectivity index is 3.19. The molecule has 1 aromatic carbocycles. The minimum absolute atomic E-state index is 0.0452. The summed E-state index contributed by atoms with van der Waals surface area (Å²) in [7, 11) is 0. The third-order valence-corrected chi connectivity index (χ3v) is 7.76. The summed E-state index contributed by atoms with van der Waals surface area (Å²) >= 11 is 0. The summed E-state index contributed by atoms with van der Waals surface area (Å²) in [6.45, 7) is 6.71.